The van der Waals surface area contributed by atoms with Crippen LogP contribution in [-0.2, 0) is 36.4 Å². The van der Waals surface area contributed by atoms with Gasteiger partial charge in [0.15, 0.2) is 11.9 Å². The number of carbonyl (C=O) groups excluding carboxylic acids is 3. The van der Waals surface area contributed by atoms with Crippen LogP contribution in [0.4, 0.5) is 13.2 Å². The highest BCUT2D eigenvalue weighted by molar-refractivity contribution is 6.05. The van der Waals surface area contributed by atoms with Gasteiger partial charge in [0.1, 0.15) is 11.6 Å². The second-order valence-corrected chi connectivity index (χ2v) is 11.8. The number of methoxy groups -OCH3 is 1. The first-order valence-corrected chi connectivity index (χ1v) is 12.5. The summed E-state index contributed by atoms with van der Waals surface area (Å²) >= 11 is 0. The van der Waals surface area contributed by atoms with Crippen LogP contribution in [0.5, 0.6) is 5.75 Å². The molecule has 0 spiro atoms. The topological polar surface area (TPSA) is 117 Å². The molecule has 0 amide bonds. The second-order valence-electron chi connectivity index (χ2n) is 11.8. The maximum Gasteiger partial charge on any atom is 0.491 e. The average Bonchev–Trinajstić information content (AvgIpc) is 3.12. The number of carbonyl (C=O) groups is 3. The van der Waals surface area contributed by atoms with E-state index in [1.807, 2.05) is 41.5 Å². The van der Waals surface area contributed by atoms with Gasteiger partial charge in [0.2, 0.25) is 0 Å². The van der Waals surface area contributed by atoms with Gasteiger partial charge in [-0.2, -0.15) is 13.2 Å². The Morgan fingerprint density at radius 1 is 1.00 bits per heavy atom. The number of alkyl halides is 3. The second kappa shape index (κ2) is 10.7. The summed E-state index contributed by atoms with van der Waals surface area (Å²) in [5.74, 6) is -4.34. The Morgan fingerprint density at radius 2 is 1.55 bits per heavy atom. The Morgan fingerprint density at radius 3 is 2.02 bits per heavy atom. The van der Waals surface area contributed by atoms with E-state index in [-0.39, 0.29) is 36.0 Å². The number of aromatic hydroxyl groups is 1. The van der Waals surface area contributed by atoms with Crippen molar-refractivity contribution < 1.29 is 42.1 Å². The van der Waals surface area contributed by atoms with Crippen LogP contribution in [0.3, 0.4) is 0 Å². The molecule has 8 nitrogen and oxygen atoms in total. The third-order valence-electron chi connectivity index (χ3n) is 6.63. The molecule has 0 saturated carbocycles. The van der Waals surface area contributed by atoms with Crippen molar-refractivity contribution in [3.63, 3.8) is 0 Å². The zero-order chi connectivity index (χ0) is 30.4. The molecule has 0 radical (unpaired) electrons. The largest absolute Gasteiger partial charge is 0.507 e. The van der Waals surface area contributed by atoms with E-state index in [1.165, 1.54) is 17.0 Å². The predicted molar refractivity (Wildman–Crippen MR) is 140 cm³/mol. The van der Waals surface area contributed by atoms with Gasteiger partial charge in [0.25, 0.3) is 0 Å². The molecule has 1 atom stereocenters. The summed E-state index contributed by atoms with van der Waals surface area (Å²) in [7, 11) is 1.07. The molecular formula is C29H33F3N2O6. The number of hydrogen-bond acceptors (Lipinski definition) is 7. The van der Waals surface area contributed by atoms with Crippen molar-refractivity contribution in [3.8, 4) is 5.75 Å². The number of halogens is 3. The number of nitrogens with one attached hydrogen (secondary N) is 1. The van der Waals surface area contributed by atoms with Gasteiger partial charge in [-0.15, -0.1) is 0 Å². The van der Waals surface area contributed by atoms with Crippen molar-refractivity contribution in [2.45, 2.75) is 71.2 Å². The van der Waals surface area contributed by atoms with E-state index < -0.39 is 35.0 Å². The summed E-state index contributed by atoms with van der Waals surface area (Å²) < 4.78 is 46.5. The molecule has 1 aliphatic heterocycles. The van der Waals surface area contributed by atoms with Gasteiger partial charge in [0.05, 0.1) is 6.54 Å². The Bertz CT molecular complexity index is 1330. The van der Waals surface area contributed by atoms with Crippen molar-refractivity contribution >= 4 is 23.6 Å². The minimum Gasteiger partial charge on any atom is -0.507 e. The number of phenolic OH excluding ortho intramolecular Hbond substituents is 1. The minimum absolute atomic E-state index is 0.0225. The highest BCUT2D eigenvalue weighted by Gasteiger charge is 2.44. The number of amidine groups is 1. The summed E-state index contributed by atoms with van der Waals surface area (Å²) in [5, 5.41) is 19.6. The SMILES string of the molecule is COC(C(=O)OC(=O)C(F)(F)F)c1ccc2c(c1)C(=N)N(CC(=O)c1cc(C(C)(C)C)c(O)c(C(C)(C)C)c1)C2. The van der Waals surface area contributed by atoms with Crippen molar-refractivity contribution in [1.29, 1.82) is 5.41 Å². The first kappa shape index (κ1) is 30.8. The van der Waals surface area contributed by atoms with Crippen LogP contribution in [-0.4, -0.2) is 53.4 Å². The maximum absolute atomic E-state index is 13.4. The van der Waals surface area contributed by atoms with E-state index in [9.17, 15) is 32.7 Å². The molecule has 1 aliphatic rings. The van der Waals surface area contributed by atoms with Gasteiger partial charge in [-0.05, 0) is 40.2 Å². The molecular weight excluding hydrogens is 529 g/mol. The van der Waals surface area contributed by atoms with Crippen molar-refractivity contribution in [2.75, 3.05) is 13.7 Å². The average molecular weight is 563 g/mol. The van der Waals surface area contributed by atoms with Gasteiger partial charge >= 0.3 is 18.1 Å². The molecule has 0 saturated heterocycles. The van der Waals surface area contributed by atoms with Crippen LogP contribution >= 0.6 is 0 Å². The molecule has 3 rings (SSSR count). The molecule has 0 fully saturated rings. The zero-order valence-corrected chi connectivity index (χ0v) is 23.4. The van der Waals surface area contributed by atoms with E-state index in [0.29, 0.717) is 27.8 Å². The van der Waals surface area contributed by atoms with Crippen LogP contribution in [0.1, 0.15) is 85.8 Å². The normalized spacial score (nSPS) is 14.7. The van der Waals surface area contributed by atoms with Gasteiger partial charge in [-0.1, -0.05) is 53.7 Å². The molecule has 0 aromatic heterocycles. The quantitative estimate of drug-likeness (QED) is 0.278. The Labute approximate surface area is 230 Å². The summed E-state index contributed by atoms with van der Waals surface area (Å²) in [5.41, 5.74) is 1.90. The molecule has 11 heteroatoms. The number of benzene rings is 2. The Hall–Kier alpha value is -3.73. The lowest BCUT2D eigenvalue weighted by atomic mass is 9.78. The van der Waals surface area contributed by atoms with Crippen LogP contribution in [0.2, 0.25) is 0 Å². The van der Waals surface area contributed by atoms with Crippen molar-refractivity contribution in [2.24, 2.45) is 0 Å². The van der Waals surface area contributed by atoms with Gasteiger partial charge < -0.3 is 19.5 Å². The summed E-state index contributed by atoms with van der Waals surface area (Å²) in [6.45, 7) is 11.7. The lowest BCUT2D eigenvalue weighted by molar-refractivity contribution is -0.205. The first-order chi connectivity index (χ1) is 18.3. The van der Waals surface area contributed by atoms with Crippen molar-refractivity contribution in [1.82, 2.24) is 4.90 Å². The summed E-state index contributed by atoms with van der Waals surface area (Å²) in [4.78, 5) is 38.3. The van der Waals surface area contributed by atoms with Crippen molar-refractivity contribution in [3.05, 3.63) is 63.7 Å². The summed E-state index contributed by atoms with van der Waals surface area (Å²) in [6, 6.07) is 7.75. The van der Waals surface area contributed by atoms with Gasteiger partial charge in [0, 0.05) is 35.9 Å². The number of ether oxygens (including phenoxy) is 2. The third-order valence-corrected chi connectivity index (χ3v) is 6.63. The molecule has 2 aromatic carbocycles. The number of rotatable bonds is 6. The van der Waals surface area contributed by atoms with E-state index in [2.05, 4.69) is 4.74 Å². The number of Topliss-reactive ketones (excluding diaryl/α,β-unsaturated/α-hetero) is 1. The number of nitrogens with zero attached hydrogens (tertiary/aromatic N) is 1. The molecule has 40 heavy (non-hydrogen) atoms. The molecule has 1 unspecified atom stereocenters. The molecule has 216 valence electrons. The summed E-state index contributed by atoms with van der Waals surface area (Å²) in [6.07, 6.45) is -6.98. The predicted octanol–water partition coefficient (Wildman–Crippen LogP) is 5.33. The smallest absolute Gasteiger partial charge is 0.491 e. The lowest BCUT2D eigenvalue weighted by Gasteiger charge is -2.28. The monoisotopic (exact) mass is 562 g/mol. The zero-order valence-electron chi connectivity index (χ0n) is 23.4. The van der Waals surface area contributed by atoms with Crippen LogP contribution in [0.25, 0.3) is 0 Å². The Balaban J connectivity index is 1.86. The number of ketones is 1. The van der Waals surface area contributed by atoms with E-state index in [0.717, 1.165) is 7.11 Å². The number of hydrogen-bond donors (Lipinski definition) is 2. The number of esters is 2. The highest BCUT2D eigenvalue weighted by atomic mass is 19.4. The highest BCUT2D eigenvalue weighted by Crippen LogP contribution is 2.40. The fourth-order valence-electron chi connectivity index (χ4n) is 4.48. The fourth-order valence-corrected chi connectivity index (χ4v) is 4.48. The first-order valence-electron chi connectivity index (χ1n) is 12.5. The Kier molecular flexibility index (Phi) is 8.23. The molecule has 0 bridgehead atoms. The van der Waals surface area contributed by atoms with E-state index >= 15 is 0 Å². The fraction of sp³-hybridized carbons (Fsp3) is 0.448. The molecule has 2 aromatic rings. The third kappa shape index (κ3) is 6.35. The number of phenols is 1. The van der Waals surface area contributed by atoms with E-state index in [1.54, 1.807) is 18.2 Å². The molecule has 1 heterocycles. The minimum atomic E-state index is -5.35. The van der Waals surface area contributed by atoms with Crippen LogP contribution in [0.15, 0.2) is 30.3 Å². The molecule has 2 N–H and O–H groups in total. The number of fused-ring (bicyclic) bond motifs is 1. The van der Waals surface area contributed by atoms with Crippen LogP contribution in [0, 0.1) is 5.41 Å². The van der Waals surface area contributed by atoms with Gasteiger partial charge in [-0.25, -0.2) is 9.59 Å². The van der Waals surface area contributed by atoms with Gasteiger partial charge in [-0.3, -0.25) is 10.2 Å². The van der Waals surface area contributed by atoms with E-state index in [4.69, 9.17) is 10.1 Å². The van der Waals surface area contributed by atoms with Crippen LogP contribution < -0.4 is 0 Å². The standard InChI is InChI=1S/C29H33F3N2O6/c1-27(2,3)19-11-17(12-20(22(19)36)28(4,5)6)21(35)14-34-13-16-9-8-15(10-18(16)24(34)33)23(39-7)25(37)40-26(38)29(30,31)32/h8-12,23,33,36H,13-14H2,1-7H3. The lowest BCUT2D eigenvalue weighted by Crippen LogP contribution is -2.31. The molecule has 0 aliphatic carbocycles. The maximum atomic E-state index is 13.4.